The van der Waals surface area contributed by atoms with Crippen molar-refractivity contribution in [1.29, 1.82) is 0 Å². The summed E-state index contributed by atoms with van der Waals surface area (Å²) in [5.41, 5.74) is 1.10. The molecule has 0 radical (unpaired) electrons. The highest BCUT2D eigenvalue weighted by Crippen LogP contribution is 2.36. The number of benzene rings is 2. The van der Waals surface area contributed by atoms with Gasteiger partial charge < -0.3 is 14.2 Å². The third kappa shape index (κ3) is 2.74. The van der Waals surface area contributed by atoms with Crippen LogP contribution in [0.4, 0.5) is 0 Å². The van der Waals surface area contributed by atoms with Gasteiger partial charge in [-0.25, -0.2) is 0 Å². The molecule has 0 N–H and O–H groups in total. The quantitative estimate of drug-likeness (QED) is 0.796. The molecule has 0 aliphatic carbocycles. The van der Waals surface area contributed by atoms with Gasteiger partial charge in [0.25, 0.3) is 0 Å². The van der Waals surface area contributed by atoms with Gasteiger partial charge in [-0.3, -0.25) is 4.79 Å². The monoisotopic (exact) mass is 348 g/mol. The number of halogens is 1. The predicted molar refractivity (Wildman–Crippen MR) is 81.6 cm³/mol. The topological polar surface area (TPSA) is 44.8 Å². The fraction of sp³-hybridized carbons (Fsp3) is 0.188. The molecule has 108 valence electrons. The van der Waals surface area contributed by atoms with Crippen LogP contribution in [0.15, 0.2) is 40.9 Å². The summed E-state index contributed by atoms with van der Waals surface area (Å²) < 4.78 is 16.9. The summed E-state index contributed by atoms with van der Waals surface area (Å²) >= 11 is 3.42. The lowest BCUT2D eigenvalue weighted by atomic mass is 10.0. The third-order valence-electron chi connectivity index (χ3n) is 3.21. The van der Waals surface area contributed by atoms with Crippen LogP contribution in [-0.4, -0.2) is 26.1 Å². The van der Waals surface area contributed by atoms with Crippen LogP contribution in [0, 0.1) is 0 Å². The van der Waals surface area contributed by atoms with E-state index in [0.29, 0.717) is 46.1 Å². The minimum atomic E-state index is -0.0993. The molecule has 5 heteroatoms. The molecular weight excluding hydrogens is 336 g/mol. The van der Waals surface area contributed by atoms with Crippen molar-refractivity contribution in [2.75, 3.05) is 20.3 Å². The van der Waals surface area contributed by atoms with Crippen molar-refractivity contribution in [3.05, 3.63) is 52.0 Å². The van der Waals surface area contributed by atoms with Gasteiger partial charge in [-0.05, 0) is 40.2 Å². The average Bonchev–Trinajstić information content (AvgIpc) is 2.53. The molecule has 0 atom stereocenters. The number of ether oxygens (including phenoxy) is 3. The van der Waals surface area contributed by atoms with Crippen LogP contribution < -0.4 is 14.2 Å². The third-order valence-corrected chi connectivity index (χ3v) is 3.86. The van der Waals surface area contributed by atoms with Crippen molar-refractivity contribution >= 4 is 21.7 Å². The van der Waals surface area contributed by atoms with Gasteiger partial charge in [0.05, 0.1) is 7.11 Å². The lowest BCUT2D eigenvalue weighted by Crippen LogP contribution is -2.16. The van der Waals surface area contributed by atoms with E-state index in [9.17, 15) is 4.79 Å². The van der Waals surface area contributed by atoms with Crippen LogP contribution in [0.1, 0.15) is 15.9 Å². The molecule has 1 heterocycles. The molecule has 0 unspecified atom stereocenters. The Morgan fingerprint density at radius 1 is 1.14 bits per heavy atom. The number of rotatable bonds is 3. The van der Waals surface area contributed by atoms with E-state index in [1.54, 1.807) is 43.5 Å². The standard InChI is InChI=1S/C16H13BrO4/c1-19-11-4-2-3-10(7-11)16(18)12-8-14-15(9-13(12)17)21-6-5-20-14/h2-4,7-9H,5-6H2,1H3. The van der Waals surface area contributed by atoms with E-state index >= 15 is 0 Å². The molecule has 2 aromatic carbocycles. The largest absolute Gasteiger partial charge is 0.497 e. The number of methoxy groups -OCH3 is 1. The van der Waals surface area contributed by atoms with E-state index < -0.39 is 0 Å². The molecule has 0 saturated heterocycles. The number of hydrogen-bond acceptors (Lipinski definition) is 4. The highest BCUT2D eigenvalue weighted by molar-refractivity contribution is 9.10. The first-order valence-corrected chi connectivity index (χ1v) is 7.26. The van der Waals surface area contributed by atoms with E-state index in [4.69, 9.17) is 14.2 Å². The summed E-state index contributed by atoms with van der Waals surface area (Å²) in [7, 11) is 1.57. The van der Waals surface area contributed by atoms with E-state index in [-0.39, 0.29) is 5.78 Å². The molecule has 21 heavy (non-hydrogen) atoms. The molecule has 1 aliphatic rings. The summed E-state index contributed by atoms with van der Waals surface area (Å²) in [5.74, 6) is 1.79. The van der Waals surface area contributed by atoms with Gasteiger partial charge in [0.15, 0.2) is 17.3 Å². The van der Waals surface area contributed by atoms with Crippen molar-refractivity contribution in [3.8, 4) is 17.2 Å². The van der Waals surface area contributed by atoms with Crippen LogP contribution >= 0.6 is 15.9 Å². The highest BCUT2D eigenvalue weighted by atomic mass is 79.9. The fourth-order valence-corrected chi connectivity index (χ4v) is 2.66. The second kappa shape index (κ2) is 5.77. The molecule has 4 nitrogen and oxygen atoms in total. The van der Waals surface area contributed by atoms with Gasteiger partial charge in [0.1, 0.15) is 19.0 Å². The molecule has 0 aromatic heterocycles. The lowest BCUT2D eigenvalue weighted by molar-refractivity contribution is 0.103. The summed E-state index contributed by atoms with van der Waals surface area (Å²) in [6.07, 6.45) is 0. The van der Waals surface area contributed by atoms with E-state index in [2.05, 4.69) is 15.9 Å². The zero-order valence-electron chi connectivity index (χ0n) is 11.4. The molecular formula is C16H13BrO4. The van der Waals surface area contributed by atoms with E-state index in [0.717, 1.165) is 0 Å². The Balaban J connectivity index is 2.01. The Labute approximate surface area is 130 Å². The zero-order chi connectivity index (χ0) is 14.8. The zero-order valence-corrected chi connectivity index (χ0v) is 13.0. The maximum Gasteiger partial charge on any atom is 0.194 e. The number of hydrogen-bond donors (Lipinski definition) is 0. The number of ketones is 1. The Morgan fingerprint density at radius 3 is 2.57 bits per heavy atom. The normalized spacial score (nSPS) is 12.9. The Bertz CT molecular complexity index is 697. The van der Waals surface area contributed by atoms with Crippen LogP contribution in [-0.2, 0) is 0 Å². The summed E-state index contributed by atoms with van der Waals surface area (Å²) in [5, 5.41) is 0. The second-order valence-electron chi connectivity index (χ2n) is 4.54. The van der Waals surface area contributed by atoms with Crippen molar-refractivity contribution in [3.63, 3.8) is 0 Å². The minimum absolute atomic E-state index is 0.0993. The van der Waals surface area contributed by atoms with Crippen LogP contribution in [0.25, 0.3) is 0 Å². The van der Waals surface area contributed by atoms with Gasteiger partial charge in [0.2, 0.25) is 0 Å². The van der Waals surface area contributed by atoms with Crippen molar-refractivity contribution in [2.45, 2.75) is 0 Å². The molecule has 0 bridgehead atoms. The number of carbonyl (C=O) groups excluding carboxylic acids is 1. The Morgan fingerprint density at radius 2 is 1.86 bits per heavy atom. The first-order valence-electron chi connectivity index (χ1n) is 6.47. The first kappa shape index (κ1) is 13.9. The maximum atomic E-state index is 12.6. The number of fused-ring (bicyclic) bond motifs is 1. The smallest absolute Gasteiger partial charge is 0.194 e. The molecule has 2 aromatic rings. The summed E-state index contributed by atoms with van der Waals surface area (Å²) in [6, 6.07) is 10.5. The van der Waals surface area contributed by atoms with Gasteiger partial charge >= 0.3 is 0 Å². The number of carbonyl (C=O) groups is 1. The molecule has 3 rings (SSSR count). The van der Waals surface area contributed by atoms with Crippen LogP contribution in [0.5, 0.6) is 17.2 Å². The Kier molecular flexibility index (Phi) is 3.84. The van der Waals surface area contributed by atoms with Gasteiger partial charge in [-0.2, -0.15) is 0 Å². The highest BCUT2D eigenvalue weighted by Gasteiger charge is 2.20. The van der Waals surface area contributed by atoms with Crippen molar-refractivity contribution in [2.24, 2.45) is 0 Å². The Hall–Kier alpha value is -2.01. The van der Waals surface area contributed by atoms with Gasteiger partial charge in [-0.15, -0.1) is 0 Å². The van der Waals surface area contributed by atoms with E-state index in [1.807, 2.05) is 0 Å². The fourth-order valence-electron chi connectivity index (χ4n) is 2.16. The second-order valence-corrected chi connectivity index (χ2v) is 5.39. The summed E-state index contributed by atoms with van der Waals surface area (Å²) in [6.45, 7) is 1.00. The molecule has 0 fully saturated rings. The summed E-state index contributed by atoms with van der Waals surface area (Å²) in [4.78, 5) is 12.6. The molecule has 0 saturated carbocycles. The minimum Gasteiger partial charge on any atom is -0.497 e. The lowest BCUT2D eigenvalue weighted by Gasteiger charge is -2.19. The van der Waals surface area contributed by atoms with Crippen LogP contribution in [0.3, 0.4) is 0 Å². The van der Waals surface area contributed by atoms with Gasteiger partial charge in [-0.1, -0.05) is 12.1 Å². The van der Waals surface area contributed by atoms with Crippen molar-refractivity contribution in [1.82, 2.24) is 0 Å². The predicted octanol–water partition coefficient (Wildman–Crippen LogP) is 3.46. The molecule has 0 spiro atoms. The SMILES string of the molecule is COc1cccc(C(=O)c2cc3c(cc2Br)OCCO3)c1. The average molecular weight is 349 g/mol. The molecule has 0 amide bonds. The van der Waals surface area contributed by atoms with E-state index in [1.165, 1.54) is 0 Å². The van der Waals surface area contributed by atoms with Crippen molar-refractivity contribution < 1.29 is 19.0 Å². The van der Waals surface area contributed by atoms with Gasteiger partial charge in [0, 0.05) is 15.6 Å². The molecule has 1 aliphatic heterocycles. The first-order chi connectivity index (χ1) is 10.2. The van der Waals surface area contributed by atoms with Crippen LogP contribution in [0.2, 0.25) is 0 Å². The maximum absolute atomic E-state index is 12.6.